The lowest BCUT2D eigenvalue weighted by atomic mass is 10.2. The third-order valence-electron chi connectivity index (χ3n) is 2.50. The van der Waals surface area contributed by atoms with Crippen LogP contribution in [0, 0.1) is 7.14 Å². The first-order chi connectivity index (χ1) is 10.8. The Hall–Kier alpha value is -0.200. The fraction of sp³-hybridized carbons (Fsp3) is 0.0667. The van der Waals surface area contributed by atoms with Crippen LogP contribution >= 0.6 is 77.0 Å². The van der Waals surface area contributed by atoms with Crippen LogP contribution in [-0.4, -0.2) is 24.2 Å². The second-order valence-electron chi connectivity index (χ2n) is 4.05. The molecule has 2 rings (SSSR count). The van der Waals surface area contributed by atoms with E-state index in [0.29, 0.717) is 11.1 Å². The smallest absolute Gasteiger partial charge is 0.338 e. The second-order valence-corrected chi connectivity index (χ2v) is 8.20. The van der Waals surface area contributed by atoms with Gasteiger partial charge in [0.15, 0.2) is 0 Å². The molecule has 4 nitrogen and oxygen atoms in total. The minimum atomic E-state index is -0.887. The van der Waals surface area contributed by atoms with Gasteiger partial charge in [-0.15, -0.1) is 0 Å². The first-order valence-corrected chi connectivity index (χ1v) is 9.72. The molecule has 2 aromatic rings. The van der Waals surface area contributed by atoms with Crippen LogP contribution in [0.1, 0.15) is 20.7 Å². The predicted octanol–water partition coefficient (Wildman–Crippen LogP) is 5.59. The summed E-state index contributed by atoms with van der Waals surface area (Å²) in [6.07, 6.45) is 0. The highest BCUT2D eigenvalue weighted by Crippen LogP contribution is 2.19. The first kappa shape index (κ1) is 20.8. The summed E-state index contributed by atoms with van der Waals surface area (Å²) in [4.78, 5) is 21.6. The molecule has 0 saturated carbocycles. The van der Waals surface area contributed by atoms with Gasteiger partial charge in [0.05, 0.1) is 18.2 Å². The molecule has 122 valence electrons. The molecule has 0 bridgehead atoms. The van der Waals surface area contributed by atoms with Crippen molar-refractivity contribution in [2.45, 2.75) is 0 Å². The lowest BCUT2D eigenvalue weighted by molar-refractivity contribution is 0.0598. The summed E-state index contributed by atoms with van der Waals surface area (Å²) in [5.41, 5.74) is 0.940. The van der Waals surface area contributed by atoms with Crippen LogP contribution in [0.25, 0.3) is 0 Å². The number of carbonyl (C=O) groups is 2. The average Bonchev–Trinajstić information content (AvgIpc) is 2.46. The Morgan fingerprint density at radius 3 is 1.74 bits per heavy atom. The predicted molar refractivity (Wildman–Crippen MR) is 112 cm³/mol. The van der Waals surface area contributed by atoms with Crippen molar-refractivity contribution in [3.05, 3.63) is 63.6 Å². The summed E-state index contributed by atoms with van der Waals surface area (Å²) in [7, 11) is 1.38. The number of esters is 1. The van der Waals surface area contributed by atoms with Crippen molar-refractivity contribution in [2.24, 2.45) is 0 Å². The van der Waals surface area contributed by atoms with Crippen molar-refractivity contribution in [1.82, 2.24) is 0 Å². The van der Waals surface area contributed by atoms with Crippen molar-refractivity contribution < 1.29 is 19.4 Å². The van der Waals surface area contributed by atoms with Gasteiger partial charge in [-0.05, 0) is 81.6 Å². The molecule has 0 aliphatic carbocycles. The lowest BCUT2D eigenvalue weighted by Gasteiger charge is -2.01. The van der Waals surface area contributed by atoms with Crippen LogP contribution in [0.5, 0.6) is 0 Å². The largest absolute Gasteiger partial charge is 0.478 e. The SMILES string of the molecule is COC(=O)c1ccc(Br)cc1I.O=C(O)c1ccc(Br)cc1I. The number of benzene rings is 2. The zero-order valence-corrected chi connectivity index (χ0v) is 19.1. The maximum absolute atomic E-state index is 11.1. The van der Waals surface area contributed by atoms with Crippen LogP contribution in [0.3, 0.4) is 0 Å². The Labute approximate surface area is 177 Å². The molecule has 0 aliphatic heterocycles. The van der Waals surface area contributed by atoms with Crippen molar-refractivity contribution >= 4 is 89.0 Å². The number of carboxylic acids is 1. The van der Waals surface area contributed by atoms with Crippen LogP contribution in [0.2, 0.25) is 0 Å². The molecule has 1 N–H and O–H groups in total. The second kappa shape index (κ2) is 9.94. The van der Waals surface area contributed by atoms with E-state index < -0.39 is 5.97 Å². The monoisotopic (exact) mass is 666 g/mol. The summed E-state index contributed by atoms with van der Waals surface area (Å²) < 4.78 is 8.07. The van der Waals surface area contributed by atoms with Crippen molar-refractivity contribution in [3.8, 4) is 0 Å². The van der Waals surface area contributed by atoms with Crippen LogP contribution in [0.15, 0.2) is 45.3 Å². The third-order valence-corrected chi connectivity index (χ3v) is 5.27. The zero-order valence-electron chi connectivity index (χ0n) is 11.6. The van der Waals surface area contributed by atoms with E-state index >= 15 is 0 Å². The van der Waals surface area contributed by atoms with Crippen molar-refractivity contribution in [2.75, 3.05) is 7.11 Å². The number of halogens is 4. The van der Waals surface area contributed by atoms with Gasteiger partial charge in [0, 0.05) is 16.1 Å². The van der Waals surface area contributed by atoms with E-state index in [1.165, 1.54) is 7.11 Å². The molecule has 0 amide bonds. The summed E-state index contributed by atoms with van der Waals surface area (Å²) in [6, 6.07) is 10.5. The van der Waals surface area contributed by atoms with Gasteiger partial charge >= 0.3 is 11.9 Å². The standard InChI is InChI=1S/C8H6BrIO2.C7H4BrIO2/c1-12-8(11)6-3-2-5(9)4-7(6)10;8-4-1-2-5(7(10)11)6(9)3-4/h2-4H,1H3;1-3H,(H,10,11). The zero-order chi connectivity index (χ0) is 17.6. The Morgan fingerprint density at radius 1 is 0.957 bits per heavy atom. The van der Waals surface area contributed by atoms with Gasteiger partial charge in [0.25, 0.3) is 0 Å². The number of hydrogen-bond donors (Lipinski definition) is 1. The average molecular weight is 668 g/mol. The summed E-state index contributed by atoms with van der Waals surface area (Å²) in [5, 5.41) is 8.64. The van der Waals surface area contributed by atoms with Gasteiger partial charge in [0.2, 0.25) is 0 Å². The number of carboxylic acid groups (broad SMARTS) is 1. The molecule has 0 fully saturated rings. The highest BCUT2D eigenvalue weighted by Gasteiger charge is 2.09. The van der Waals surface area contributed by atoms with Crippen LogP contribution in [0.4, 0.5) is 0 Å². The number of methoxy groups -OCH3 is 1. The Balaban J connectivity index is 0.000000231. The maximum Gasteiger partial charge on any atom is 0.338 e. The normalized spacial score (nSPS) is 9.61. The van der Waals surface area contributed by atoms with Crippen molar-refractivity contribution in [1.29, 1.82) is 0 Å². The molecule has 0 atom stereocenters. The molecule has 0 unspecified atom stereocenters. The van der Waals surface area contributed by atoms with Crippen LogP contribution < -0.4 is 0 Å². The fourth-order valence-corrected chi connectivity index (χ4v) is 4.49. The number of carbonyl (C=O) groups excluding carboxylic acids is 1. The van der Waals surface area contributed by atoms with Crippen LogP contribution in [-0.2, 0) is 4.74 Å². The number of rotatable bonds is 2. The molecular formula is C15H10Br2I2O4. The summed E-state index contributed by atoms with van der Waals surface area (Å²) in [5.74, 6) is -1.19. The first-order valence-electron chi connectivity index (χ1n) is 5.98. The molecule has 0 heterocycles. The quantitative estimate of drug-likeness (QED) is 0.335. The van der Waals surface area contributed by atoms with E-state index in [4.69, 9.17) is 5.11 Å². The fourth-order valence-electron chi connectivity index (χ4n) is 1.43. The molecule has 0 aromatic heterocycles. The van der Waals surface area contributed by atoms with Gasteiger partial charge in [-0.1, -0.05) is 31.9 Å². The van der Waals surface area contributed by atoms with Gasteiger partial charge in [0.1, 0.15) is 0 Å². The Bertz CT molecular complexity index is 735. The summed E-state index contributed by atoms with van der Waals surface area (Å²) in [6.45, 7) is 0. The topological polar surface area (TPSA) is 63.6 Å². The van der Waals surface area contributed by atoms with E-state index in [-0.39, 0.29) is 5.97 Å². The molecule has 0 saturated heterocycles. The number of hydrogen-bond acceptors (Lipinski definition) is 3. The molecule has 0 spiro atoms. The van der Waals surface area contributed by atoms with Gasteiger partial charge < -0.3 is 9.84 Å². The molecule has 23 heavy (non-hydrogen) atoms. The minimum absolute atomic E-state index is 0.299. The molecular weight excluding hydrogens is 658 g/mol. The number of ether oxygens (including phenoxy) is 1. The van der Waals surface area contributed by atoms with Crippen molar-refractivity contribution in [3.63, 3.8) is 0 Å². The van der Waals surface area contributed by atoms with E-state index in [1.54, 1.807) is 24.3 Å². The minimum Gasteiger partial charge on any atom is -0.478 e. The third kappa shape index (κ3) is 6.67. The van der Waals surface area contributed by atoms with Gasteiger partial charge in [-0.25, -0.2) is 9.59 Å². The Kier molecular flexibility index (Phi) is 9.01. The van der Waals surface area contributed by atoms with E-state index in [1.807, 2.05) is 34.7 Å². The molecule has 8 heteroatoms. The van der Waals surface area contributed by atoms with E-state index in [2.05, 4.69) is 59.2 Å². The summed E-state index contributed by atoms with van der Waals surface area (Å²) >= 11 is 10.6. The maximum atomic E-state index is 11.1. The molecule has 2 aromatic carbocycles. The number of aromatic carboxylic acids is 1. The molecule has 0 aliphatic rings. The highest BCUT2D eigenvalue weighted by atomic mass is 127. The Morgan fingerprint density at radius 2 is 1.39 bits per heavy atom. The highest BCUT2D eigenvalue weighted by molar-refractivity contribution is 14.1. The molecule has 0 radical (unpaired) electrons. The van der Waals surface area contributed by atoms with E-state index in [0.717, 1.165) is 16.1 Å². The lowest BCUT2D eigenvalue weighted by Crippen LogP contribution is -2.03. The van der Waals surface area contributed by atoms with Gasteiger partial charge in [-0.2, -0.15) is 0 Å². The van der Waals surface area contributed by atoms with E-state index in [9.17, 15) is 9.59 Å². The van der Waals surface area contributed by atoms with Gasteiger partial charge in [-0.3, -0.25) is 0 Å².